The zero-order valence-electron chi connectivity index (χ0n) is 10.5. The molecule has 1 nitrogen and oxygen atoms in total. The van der Waals surface area contributed by atoms with E-state index in [0.717, 1.165) is 12.0 Å². The minimum absolute atomic E-state index is 0.0613. The molecule has 0 aliphatic rings. The average molecular weight is 326 g/mol. The lowest BCUT2D eigenvalue weighted by molar-refractivity contribution is 0.619. The first-order chi connectivity index (χ1) is 9.11. The van der Waals surface area contributed by atoms with Gasteiger partial charge in [0.05, 0.1) is 11.7 Å². The number of rotatable bonds is 4. The number of para-hydroxylation sites is 1. The quantitative estimate of drug-likeness (QED) is 0.805. The minimum atomic E-state index is -0.310. The van der Waals surface area contributed by atoms with E-state index in [1.165, 1.54) is 18.2 Å². The third kappa shape index (κ3) is 3.32. The second-order valence-corrected chi connectivity index (χ2v) is 5.11. The molecule has 1 N–H and O–H groups in total. The molecule has 0 bridgehead atoms. The van der Waals surface area contributed by atoms with Crippen LogP contribution in [-0.4, -0.2) is 0 Å². The molecular formula is C15H14BrF2N. The summed E-state index contributed by atoms with van der Waals surface area (Å²) in [5, 5.41) is 3.16. The summed E-state index contributed by atoms with van der Waals surface area (Å²) in [6.45, 7) is 2.00. The molecule has 19 heavy (non-hydrogen) atoms. The van der Waals surface area contributed by atoms with Crippen molar-refractivity contribution in [3.63, 3.8) is 0 Å². The molecule has 0 heterocycles. The van der Waals surface area contributed by atoms with E-state index in [0.29, 0.717) is 10.2 Å². The Morgan fingerprint density at radius 3 is 2.37 bits per heavy atom. The molecule has 100 valence electrons. The van der Waals surface area contributed by atoms with Gasteiger partial charge < -0.3 is 5.32 Å². The van der Waals surface area contributed by atoms with Gasteiger partial charge in [0.1, 0.15) is 11.6 Å². The van der Waals surface area contributed by atoms with Gasteiger partial charge in [0.25, 0.3) is 0 Å². The van der Waals surface area contributed by atoms with Crippen molar-refractivity contribution in [3.05, 3.63) is 64.1 Å². The second kappa shape index (κ2) is 6.15. The molecular weight excluding hydrogens is 312 g/mol. The van der Waals surface area contributed by atoms with E-state index in [-0.39, 0.29) is 17.7 Å². The van der Waals surface area contributed by atoms with Crippen LogP contribution in [0.5, 0.6) is 0 Å². The summed E-state index contributed by atoms with van der Waals surface area (Å²) >= 11 is 3.33. The maximum Gasteiger partial charge on any atom is 0.147 e. The van der Waals surface area contributed by atoms with E-state index in [1.807, 2.05) is 6.92 Å². The molecule has 0 spiro atoms. The van der Waals surface area contributed by atoms with Crippen molar-refractivity contribution in [3.8, 4) is 0 Å². The van der Waals surface area contributed by atoms with Gasteiger partial charge in [-0.25, -0.2) is 8.78 Å². The predicted molar refractivity (Wildman–Crippen MR) is 77.2 cm³/mol. The molecule has 0 aliphatic carbocycles. The van der Waals surface area contributed by atoms with Crippen molar-refractivity contribution in [1.82, 2.24) is 0 Å². The van der Waals surface area contributed by atoms with Crippen molar-refractivity contribution < 1.29 is 8.78 Å². The van der Waals surface area contributed by atoms with Gasteiger partial charge in [-0.15, -0.1) is 0 Å². The Hall–Kier alpha value is -1.42. The SMILES string of the molecule is CCC(Nc1c(F)cccc1Br)c1ccc(F)cc1. The van der Waals surface area contributed by atoms with Crippen LogP contribution < -0.4 is 5.32 Å². The summed E-state index contributed by atoms with van der Waals surface area (Å²) in [7, 11) is 0. The fourth-order valence-corrected chi connectivity index (χ4v) is 2.38. The highest BCUT2D eigenvalue weighted by atomic mass is 79.9. The molecule has 1 atom stereocenters. The summed E-state index contributed by atoms with van der Waals surface area (Å²) in [6, 6.07) is 11.0. The summed E-state index contributed by atoms with van der Waals surface area (Å²) in [6.07, 6.45) is 0.770. The van der Waals surface area contributed by atoms with Crippen LogP contribution in [0.2, 0.25) is 0 Å². The average Bonchev–Trinajstić information content (AvgIpc) is 2.40. The Morgan fingerprint density at radius 1 is 1.11 bits per heavy atom. The summed E-state index contributed by atoms with van der Waals surface area (Å²) < 4.78 is 27.4. The number of nitrogens with one attached hydrogen (secondary N) is 1. The van der Waals surface area contributed by atoms with Crippen LogP contribution in [0.1, 0.15) is 24.9 Å². The fourth-order valence-electron chi connectivity index (χ4n) is 1.93. The van der Waals surface area contributed by atoms with Gasteiger partial charge in [0.2, 0.25) is 0 Å². The number of anilines is 1. The number of hydrogen-bond donors (Lipinski definition) is 1. The number of halogens is 3. The van der Waals surface area contributed by atoms with Crippen LogP contribution in [0.4, 0.5) is 14.5 Å². The van der Waals surface area contributed by atoms with Crippen LogP contribution in [-0.2, 0) is 0 Å². The molecule has 0 fully saturated rings. The van der Waals surface area contributed by atoms with Crippen molar-refractivity contribution in [2.24, 2.45) is 0 Å². The lowest BCUT2D eigenvalue weighted by atomic mass is 10.0. The van der Waals surface area contributed by atoms with Crippen molar-refractivity contribution in [1.29, 1.82) is 0 Å². The van der Waals surface area contributed by atoms with Gasteiger partial charge in [-0.05, 0) is 52.2 Å². The standard InChI is InChI=1S/C15H14BrF2N/c1-2-14(10-6-8-11(17)9-7-10)19-15-12(16)4-3-5-13(15)18/h3-9,14,19H,2H2,1H3. The smallest absolute Gasteiger partial charge is 0.147 e. The summed E-state index contributed by atoms with van der Waals surface area (Å²) in [5.74, 6) is -0.583. The van der Waals surface area contributed by atoms with E-state index >= 15 is 0 Å². The zero-order valence-corrected chi connectivity index (χ0v) is 12.0. The Morgan fingerprint density at radius 2 is 1.79 bits per heavy atom. The highest BCUT2D eigenvalue weighted by Gasteiger charge is 2.13. The minimum Gasteiger partial charge on any atom is -0.375 e. The third-order valence-corrected chi connectivity index (χ3v) is 3.62. The topological polar surface area (TPSA) is 12.0 Å². The van der Waals surface area contributed by atoms with E-state index in [4.69, 9.17) is 0 Å². The van der Waals surface area contributed by atoms with E-state index < -0.39 is 0 Å². The summed E-state index contributed by atoms with van der Waals surface area (Å²) in [5.41, 5.74) is 1.36. The zero-order chi connectivity index (χ0) is 13.8. The molecule has 0 aromatic heterocycles. The predicted octanol–water partition coefficient (Wildman–Crippen LogP) is 5.29. The van der Waals surface area contributed by atoms with Gasteiger partial charge in [-0.3, -0.25) is 0 Å². The largest absolute Gasteiger partial charge is 0.375 e. The maximum atomic E-state index is 13.8. The van der Waals surface area contributed by atoms with Crippen LogP contribution in [0, 0.1) is 11.6 Å². The lowest BCUT2D eigenvalue weighted by Gasteiger charge is -2.20. The van der Waals surface area contributed by atoms with E-state index in [2.05, 4.69) is 21.2 Å². The van der Waals surface area contributed by atoms with Crippen LogP contribution >= 0.6 is 15.9 Å². The number of benzene rings is 2. The maximum absolute atomic E-state index is 13.8. The van der Waals surface area contributed by atoms with Crippen molar-refractivity contribution in [2.45, 2.75) is 19.4 Å². The molecule has 0 amide bonds. The fraction of sp³-hybridized carbons (Fsp3) is 0.200. The first-order valence-corrected chi connectivity index (χ1v) is 6.87. The third-order valence-electron chi connectivity index (χ3n) is 2.96. The molecule has 1 unspecified atom stereocenters. The molecule has 0 aliphatic heterocycles. The Labute approximate surface area is 119 Å². The highest BCUT2D eigenvalue weighted by Crippen LogP contribution is 2.30. The first kappa shape index (κ1) is 14.0. The molecule has 4 heteroatoms. The van der Waals surface area contributed by atoms with Crippen LogP contribution in [0.3, 0.4) is 0 Å². The van der Waals surface area contributed by atoms with E-state index in [9.17, 15) is 8.78 Å². The molecule has 2 aromatic rings. The highest BCUT2D eigenvalue weighted by molar-refractivity contribution is 9.10. The summed E-state index contributed by atoms with van der Waals surface area (Å²) in [4.78, 5) is 0. The Kier molecular flexibility index (Phi) is 4.53. The van der Waals surface area contributed by atoms with Gasteiger partial charge in [-0.2, -0.15) is 0 Å². The Balaban J connectivity index is 2.26. The van der Waals surface area contributed by atoms with Gasteiger partial charge >= 0.3 is 0 Å². The van der Waals surface area contributed by atoms with Crippen molar-refractivity contribution >= 4 is 21.6 Å². The van der Waals surface area contributed by atoms with E-state index in [1.54, 1.807) is 24.3 Å². The van der Waals surface area contributed by atoms with Gasteiger partial charge in [0.15, 0.2) is 0 Å². The normalized spacial score (nSPS) is 12.2. The molecule has 0 saturated heterocycles. The Bertz CT molecular complexity index is 534. The second-order valence-electron chi connectivity index (χ2n) is 4.25. The van der Waals surface area contributed by atoms with Gasteiger partial charge in [0, 0.05) is 4.47 Å². The lowest BCUT2D eigenvalue weighted by Crippen LogP contribution is -2.11. The van der Waals surface area contributed by atoms with Gasteiger partial charge in [-0.1, -0.05) is 25.1 Å². The molecule has 2 aromatic carbocycles. The number of hydrogen-bond acceptors (Lipinski definition) is 1. The van der Waals surface area contributed by atoms with Crippen molar-refractivity contribution in [2.75, 3.05) is 5.32 Å². The molecule has 0 radical (unpaired) electrons. The molecule has 0 saturated carbocycles. The molecule has 2 rings (SSSR count). The van der Waals surface area contributed by atoms with Crippen LogP contribution in [0.25, 0.3) is 0 Å². The first-order valence-electron chi connectivity index (χ1n) is 6.08. The van der Waals surface area contributed by atoms with Crippen LogP contribution in [0.15, 0.2) is 46.9 Å². The monoisotopic (exact) mass is 325 g/mol.